The topological polar surface area (TPSA) is 233 Å². The number of ether oxygens (including phenoxy) is 1. The maximum Gasteiger partial charge on any atom is 0.481 e. The Labute approximate surface area is 150 Å². The van der Waals surface area contributed by atoms with Crippen LogP contribution in [0.5, 0.6) is 0 Å². The number of phosphoric acid groups is 2. The molecule has 1 aliphatic heterocycles. The molecule has 2 aromatic rings. The van der Waals surface area contributed by atoms with Gasteiger partial charge in [-0.3, -0.25) is 9.09 Å². The van der Waals surface area contributed by atoms with E-state index in [-0.39, 0.29) is 17.0 Å². The molecule has 1 saturated heterocycles. The summed E-state index contributed by atoms with van der Waals surface area (Å²) in [5, 5.41) is 20.3. The van der Waals surface area contributed by atoms with Crippen LogP contribution >= 0.6 is 15.6 Å². The first-order valence-electron chi connectivity index (χ1n) is 7.17. The molecule has 1 fully saturated rings. The van der Waals surface area contributed by atoms with E-state index in [1.165, 1.54) is 10.9 Å². The first kappa shape index (κ1) is 20.2. The Hall–Kier alpha value is -1.51. The largest absolute Gasteiger partial charge is 0.481 e. The molecule has 0 aromatic carbocycles. The van der Waals surface area contributed by atoms with E-state index >= 15 is 0 Å². The second kappa shape index (κ2) is 7.14. The maximum absolute atomic E-state index is 11.5. The number of aliphatic hydroxyl groups excluding tert-OH is 2. The van der Waals surface area contributed by atoms with Crippen molar-refractivity contribution in [2.24, 2.45) is 0 Å². The van der Waals surface area contributed by atoms with E-state index in [9.17, 15) is 24.2 Å². The Bertz CT molecular complexity index is 932. The molecular formula is C10H15N5O10P2. The van der Waals surface area contributed by atoms with Gasteiger partial charge in [-0.2, -0.15) is 4.31 Å². The van der Waals surface area contributed by atoms with Gasteiger partial charge in [0, 0.05) is 0 Å². The highest BCUT2D eigenvalue weighted by Crippen LogP contribution is 2.57. The molecule has 2 aromatic heterocycles. The predicted molar refractivity (Wildman–Crippen MR) is 84.6 cm³/mol. The Morgan fingerprint density at radius 1 is 1.19 bits per heavy atom. The molecule has 3 rings (SSSR count). The van der Waals surface area contributed by atoms with Gasteiger partial charge in [-0.05, 0) is 0 Å². The number of imidazole rings is 1. The minimum atomic E-state index is -5.29. The zero-order valence-electron chi connectivity index (χ0n) is 13.2. The number of hydrogen-bond donors (Lipinski definition) is 6. The number of aromatic nitrogens is 4. The third-order valence-electron chi connectivity index (χ3n) is 3.61. The van der Waals surface area contributed by atoms with Crippen molar-refractivity contribution < 1.29 is 47.6 Å². The van der Waals surface area contributed by atoms with Gasteiger partial charge in [0.1, 0.15) is 30.2 Å². The Morgan fingerprint density at radius 2 is 1.89 bits per heavy atom. The van der Waals surface area contributed by atoms with Gasteiger partial charge < -0.3 is 35.4 Å². The van der Waals surface area contributed by atoms with Crippen LogP contribution in [-0.2, 0) is 22.7 Å². The van der Waals surface area contributed by atoms with Crippen molar-refractivity contribution in [2.75, 3.05) is 12.3 Å². The van der Waals surface area contributed by atoms with Crippen LogP contribution in [0.1, 0.15) is 6.23 Å². The molecule has 1 aliphatic rings. The molecule has 0 amide bonds. The van der Waals surface area contributed by atoms with E-state index in [0.29, 0.717) is 0 Å². The number of phosphoric ester groups is 1. The minimum Gasteiger partial charge on any atom is -0.387 e. The first-order valence-corrected chi connectivity index (χ1v) is 10.2. The molecule has 5 atom stereocenters. The molecule has 150 valence electrons. The number of nitrogens with two attached hydrogens (primary N) is 1. The Kier molecular flexibility index (Phi) is 5.35. The summed E-state index contributed by atoms with van der Waals surface area (Å²) in [7, 11) is -10.4. The smallest absolute Gasteiger partial charge is 0.387 e. The lowest BCUT2D eigenvalue weighted by atomic mass is 10.1. The molecule has 3 unspecified atom stereocenters. The number of hydrogen-bond acceptors (Lipinski definition) is 11. The highest BCUT2D eigenvalue weighted by molar-refractivity contribution is 7.60. The summed E-state index contributed by atoms with van der Waals surface area (Å²) in [6.07, 6.45) is -3.20. The quantitative estimate of drug-likeness (QED) is 0.281. The van der Waals surface area contributed by atoms with Crippen LogP contribution in [0.15, 0.2) is 12.7 Å². The number of aliphatic hydroxyl groups is 2. The zero-order chi connectivity index (χ0) is 20.0. The predicted octanol–water partition coefficient (Wildman–Crippen LogP) is -1.75. The molecule has 17 heteroatoms. The number of nitrogens with zero attached hydrogens (tertiary/aromatic N) is 4. The zero-order valence-corrected chi connectivity index (χ0v) is 15.0. The van der Waals surface area contributed by atoms with Crippen molar-refractivity contribution in [3.8, 4) is 0 Å². The van der Waals surface area contributed by atoms with Crippen molar-refractivity contribution in [3.63, 3.8) is 0 Å². The third-order valence-corrected chi connectivity index (χ3v) is 5.76. The van der Waals surface area contributed by atoms with E-state index in [0.717, 1.165) is 6.33 Å². The fourth-order valence-electron chi connectivity index (χ4n) is 2.48. The normalized spacial score (nSPS) is 28.5. The van der Waals surface area contributed by atoms with Crippen LogP contribution < -0.4 is 5.73 Å². The van der Waals surface area contributed by atoms with E-state index in [4.69, 9.17) is 20.3 Å². The lowest BCUT2D eigenvalue weighted by Crippen LogP contribution is -2.33. The highest BCUT2D eigenvalue weighted by atomic mass is 31.3. The van der Waals surface area contributed by atoms with Crippen LogP contribution in [0.2, 0.25) is 0 Å². The van der Waals surface area contributed by atoms with Crippen molar-refractivity contribution in [3.05, 3.63) is 12.7 Å². The minimum absolute atomic E-state index is 0.0856. The molecular weight excluding hydrogens is 412 g/mol. The summed E-state index contributed by atoms with van der Waals surface area (Å²) in [5.41, 5.74) is 6.11. The molecule has 15 nitrogen and oxygen atoms in total. The summed E-state index contributed by atoms with van der Waals surface area (Å²) in [6, 6.07) is 0. The highest BCUT2D eigenvalue weighted by Gasteiger charge is 2.46. The second-order valence-corrected chi connectivity index (χ2v) is 8.30. The molecule has 0 bridgehead atoms. The summed E-state index contributed by atoms with van der Waals surface area (Å²) in [5.74, 6) is 0.0856. The molecule has 3 heterocycles. The van der Waals surface area contributed by atoms with Gasteiger partial charge in [0.15, 0.2) is 17.7 Å². The molecule has 0 saturated carbocycles. The second-order valence-electron chi connectivity index (χ2n) is 5.47. The van der Waals surface area contributed by atoms with Gasteiger partial charge in [0.2, 0.25) is 0 Å². The van der Waals surface area contributed by atoms with Crippen LogP contribution in [0.4, 0.5) is 5.82 Å². The third kappa shape index (κ3) is 4.33. The summed E-state index contributed by atoms with van der Waals surface area (Å²) < 4.78 is 36.8. The SMILES string of the molecule is Nc1ncnc2c1ncn2[C@@H]1OC(COP(=O)(O)OP(=O)(O)O)C(O)[C@H]1O. The summed E-state index contributed by atoms with van der Waals surface area (Å²) >= 11 is 0. The molecule has 0 spiro atoms. The van der Waals surface area contributed by atoms with Crippen molar-refractivity contribution in [2.45, 2.75) is 24.5 Å². The number of fused-ring (bicyclic) bond motifs is 1. The van der Waals surface area contributed by atoms with Crippen LogP contribution in [-0.4, -0.2) is 69.3 Å². The van der Waals surface area contributed by atoms with Gasteiger partial charge in [-0.1, -0.05) is 0 Å². The molecule has 7 N–H and O–H groups in total. The molecule has 27 heavy (non-hydrogen) atoms. The van der Waals surface area contributed by atoms with Crippen molar-refractivity contribution >= 4 is 32.6 Å². The van der Waals surface area contributed by atoms with Gasteiger partial charge >= 0.3 is 15.6 Å². The van der Waals surface area contributed by atoms with E-state index < -0.39 is 46.8 Å². The number of rotatable bonds is 6. The summed E-state index contributed by atoms with van der Waals surface area (Å²) in [4.78, 5) is 38.1. The molecule has 0 aliphatic carbocycles. The number of nitrogen functional groups attached to an aromatic ring is 1. The lowest BCUT2D eigenvalue weighted by Gasteiger charge is -2.17. The standard InChI is InChI=1S/C10H15N5O10P2/c11-8-5-9(13-2-12-8)15(3-14-5)10-7(17)6(16)4(24-10)1-23-27(21,22)25-26(18,19)20/h2-4,6-7,10,16-17H,1H2,(H,21,22)(H2,11,12,13)(H2,18,19,20)/t4?,6?,7-,10-/m1/s1. The van der Waals surface area contributed by atoms with Crippen LogP contribution in [0.25, 0.3) is 11.2 Å². The van der Waals surface area contributed by atoms with E-state index in [1.54, 1.807) is 0 Å². The van der Waals surface area contributed by atoms with Gasteiger partial charge in [0.25, 0.3) is 0 Å². The fourth-order valence-corrected chi connectivity index (χ4v) is 4.08. The van der Waals surface area contributed by atoms with E-state index in [1.807, 2.05) is 0 Å². The van der Waals surface area contributed by atoms with Crippen LogP contribution in [0, 0.1) is 0 Å². The van der Waals surface area contributed by atoms with Crippen LogP contribution in [0.3, 0.4) is 0 Å². The van der Waals surface area contributed by atoms with Crippen molar-refractivity contribution in [1.82, 2.24) is 19.5 Å². The van der Waals surface area contributed by atoms with Gasteiger partial charge in [0.05, 0.1) is 12.9 Å². The average molecular weight is 427 g/mol. The van der Waals surface area contributed by atoms with Gasteiger partial charge in [-0.25, -0.2) is 24.1 Å². The maximum atomic E-state index is 11.5. The average Bonchev–Trinajstić information content (AvgIpc) is 3.07. The molecule has 0 radical (unpaired) electrons. The Morgan fingerprint density at radius 3 is 2.56 bits per heavy atom. The lowest BCUT2D eigenvalue weighted by molar-refractivity contribution is -0.0503. The van der Waals surface area contributed by atoms with E-state index in [2.05, 4.69) is 23.8 Å². The number of anilines is 1. The first-order chi connectivity index (χ1) is 12.5. The monoisotopic (exact) mass is 427 g/mol. The summed E-state index contributed by atoms with van der Waals surface area (Å²) in [6.45, 7) is -0.813. The van der Waals surface area contributed by atoms with Gasteiger partial charge in [-0.15, -0.1) is 0 Å². The fraction of sp³-hybridized carbons (Fsp3) is 0.500. The van der Waals surface area contributed by atoms with Crippen molar-refractivity contribution in [1.29, 1.82) is 0 Å². The Balaban J connectivity index is 1.75.